The number of fused-ring (bicyclic) bond motifs is 1. The summed E-state index contributed by atoms with van der Waals surface area (Å²) in [5, 5.41) is 4.50. The van der Waals surface area contributed by atoms with E-state index in [0.29, 0.717) is 26.8 Å². The van der Waals surface area contributed by atoms with Gasteiger partial charge in [0.05, 0.1) is 15.9 Å². The molecule has 0 aliphatic heterocycles. The number of rotatable bonds is 4. The van der Waals surface area contributed by atoms with Crippen molar-refractivity contribution in [3.8, 4) is 5.88 Å². The van der Waals surface area contributed by atoms with E-state index in [1.165, 1.54) is 6.33 Å². The van der Waals surface area contributed by atoms with E-state index < -0.39 is 0 Å². The van der Waals surface area contributed by atoms with Crippen LogP contribution in [0, 0.1) is 5.92 Å². The number of amides is 1. The number of nitrogens with zero attached hydrogens (tertiary/aromatic N) is 2. The van der Waals surface area contributed by atoms with Crippen LogP contribution in [0.25, 0.3) is 10.9 Å². The van der Waals surface area contributed by atoms with Gasteiger partial charge in [-0.2, -0.15) is 0 Å². The molecule has 24 heavy (non-hydrogen) atoms. The standard InChI is InChI=1S/C17H19Cl2N3O2/c1-10-2-4-12(5-3-10)22-15(23)8-24-17-13-6-11(18)7-14(19)16(13)20-9-21-17/h6-7,9-10,12H,2-5,8H2,1H3,(H,22,23). The molecule has 0 radical (unpaired) electrons. The molecule has 1 aromatic heterocycles. The lowest BCUT2D eigenvalue weighted by molar-refractivity contribution is -0.124. The van der Waals surface area contributed by atoms with Crippen molar-refractivity contribution in [2.75, 3.05) is 6.61 Å². The van der Waals surface area contributed by atoms with Crippen LogP contribution in [0.5, 0.6) is 5.88 Å². The predicted octanol–water partition coefficient (Wildman–Crippen LogP) is 4.01. The minimum atomic E-state index is -0.144. The first-order chi connectivity index (χ1) is 11.5. The number of carbonyl (C=O) groups is 1. The van der Waals surface area contributed by atoms with Crippen LogP contribution in [0.4, 0.5) is 0 Å². The number of ether oxygens (including phenoxy) is 1. The van der Waals surface area contributed by atoms with E-state index >= 15 is 0 Å². The van der Waals surface area contributed by atoms with Gasteiger partial charge in [0.25, 0.3) is 5.91 Å². The van der Waals surface area contributed by atoms with Crippen molar-refractivity contribution in [1.82, 2.24) is 15.3 Å². The molecule has 1 aliphatic carbocycles. The number of halogens is 2. The molecule has 0 spiro atoms. The Morgan fingerprint density at radius 1 is 1.25 bits per heavy atom. The second-order valence-corrected chi connectivity index (χ2v) is 7.12. The number of aromatic nitrogens is 2. The molecule has 3 rings (SSSR count). The van der Waals surface area contributed by atoms with E-state index in [0.717, 1.165) is 31.6 Å². The first-order valence-electron chi connectivity index (χ1n) is 8.05. The van der Waals surface area contributed by atoms with Gasteiger partial charge in [-0.3, -0.25) is 4.79 Å². The maximum Gasteiger partial charge on any atom is 0.258 e. The Morgan fingerprint density at radius 2 is 2.00 bits per heavy atom. The third-order valence-electron chi connectivity index (χ3n) is 4.34. The molecule has 0 unspecified atom stereocenters. The molecule has 128 valence electrons. The van der Waals surface area contributed by atoms with Crippen LogP contribution in [0.3, 0.4) is 0 Å². The van der Waals surface area contributed by atoms with Gasteiger partial charge in [-0.15, -0.1) is 0 Å². The lowest BCUT2D eigenvalue weighted by Gasteiger charge is -2.26. The zero-order valence-electron chi connectivity index (χ0n) is 13.4. The highest BCUT2D eigenvalue weighted by molar-refractivity contribution is 6.38. The summed E-state index contributed by atoms with van der Waals surface area (Å²) in [7, 11) is 0. The zero-order chi connectivity index (χ0) is 17.1. The minimum Gasteiger partial charge on any atom is -0.467 e. The van der Waals surface area contributed by atoms with E-state index in [1.54, 1.807) is 12.1 Å². The van der Waals surface area contributed by atoms with E-state index in [-0.39, 0.29) is 18.6 Å². The van der Waals surface area contributed by atoms with Crippen molar-refractivity contribution in [1.29, 1.82) is 0 Å². The molecule has 1 amide bonds. The lowest BCUT2D eigenvalue weighted by Crippen LogP contribution is -2.39. The highest BCUT2D eigenvalue weighted by Gasteiger charge is 2.20. The molecule has 1 fully saturated rings. The Hall–Kier alpha value is -1.59. The topological polar surface area (TPSA) is 64.1 Å². The fourth-order valence-electron chi connectivity index (χ4n) is 2.99. The third kappa shape index (κ3) is 4.08. The van der Waals surface area contributed by atoms with Crippen LogP contribution in [0.2, 0.25) is 10.0 Å². The molecule has 7 heteroatoms. The van der Waals surface area contributed by atoms with E-state index in [2.05, 4.69) is 22.2 Å². The second-order valence-electron chi connectivity index (χ2n) is 6.28. The molecule has 0 saturated heterocycles. The van der Waals surface area contributed by atoms with Gasteiger partial charge in [0.1, 0.15) is 6.33 Å². The van der Waals surface area contributed by atoms with E-state index in [4.69, 9.17) is 27.9 Å². The molecule has 1 aliphatic rings. The summed E-state index contributed by atoms with van der Waals surface area (Å²) < 4.78 is 5.57. The van der Waals surface area contributed by atoms with Crippen molar-refractivity contribution < 1.29 is 9.53 Å². The van der Waals surface area contributed by atoms with Crippen LogP contribution < -0.4 is 10.1 Å². The smallest absolute Gasteiger partial charge is 0.258 e. The Bertz CT molecular complexity index is 746. The first-order valence-corrected chi connectivity index (χ1v) is 8.80. The van der Waals surface area contributed by atoms with Crippen LogP contribution in [-0.2, 0) is 4.79 Å². The van der Waals surface area contributed by atoms with Crippen LogP contribution in [-0.4, -0.2) is 28.5 Å². The van der Waals surface area contributed by atoms with E-state index in [9.17, 15) is 4.79 Å². The molecule has 0 atom stereocenters. The van der Waals surface area contributed by atoms with Crippen molar-refractivity contribution in [2.45, 2.75) is 38.6 Å². The number of hydrogen-bond acceptors (Lipinski definition) is 4. The maximum atomic E-state index is 12.1. The first kappa shape index (κ1) is 17.2. The zero-order valence-corrected chi connectivity index (χ0v) is 14.9. The normalized spacial score (nSPS) is 20.8. The van der Waals surface area contributed by atoms with Crippen LogP contribution in [0.15, 0.2) is 18.5 Å². The average molecular weight is 368 g/mol. The summed E-state index contributed by atoms with van der Waals surface area (Å²) in [5.74, 6) is 0.905. The molecule has 1 aromatic carbocycles. The lowest BCUT2D eigenvalue weighted by atomic mass is 9.87. The summed E-state index contributed by atoms with van der Waals surface area (Å²) in [6, 6.07) is 3.53. The quantitative estimate of drug-likeness (QED) is 0.886. The van der Waals surface area contributed by atoms with Crippen LogP contribution in [0.1, 0.15) is 32.6 Å². The van der Waals surface area contributed by atoms with Gasteiger partial charge >= 0.3 is 0 Å². The van der Waals surface area contributed by atoms with Gasteiger partial charge in [-0.25, -0.2) is 9.97 Å². The SMILES string of the molecule is CC1CCC(NC(=O)COc2ncnc3c(Cl)cc(Cl)cc23)CC1. The molecule has 1 saturated carbocycles. The van der Waals surface area contributed by atoms with Gasteiger partial charge in [0.15, 0.2) is 6.61 Å². The van der Waals surface area contributed by atoms with Crippen molar-refractivity contribution in [2.24, 2.45) is 5.92 Å². The predicted molar refractivity (Wildman–Crippen MR) is 94.6 cm³/mol. The largest absolute Gasteiger partial charge is 0.467 e. The Kier molecular flexibility index (Phi) is 5.41. The molecule has 0 bridgehead atoms. The monoisotopic (exact) mass is 367 g/mol. The highest BCUT2D eigenvalue weighted by atomic mass is 35.5. The molecule has 2 aromatic rings. The highest BCUT2D eigenvalue weighted by Crippen LogP contribution is 2.30. The van der Waals surface area contributed by atoms with Crippen molar-refractivity contribution >= 4 is 40.0 Å². The second kappa shape index (κ2) is 7.53. The van der Waals surface area contributed by atoms with Gasteiger partial charge in [0, 0.05) is 11.1 Å². The molecular formula is C17H19Cl2N3O2. The number of benzene rings is 1. The number of nitrogens with one attached hydrogen (secondary N) is 1. The molecule has 1 heterocycles. The van der Waals surface area contributed by atoms with Crippen molar-refractivity contribution in [3.63, 3.8) is 0 Å². The van der Waals surface area contributed by atoms with E-state index in [1.807, 2.05) is 0 Å². The Balaban J connectivity index is 1.64. The van der Waals surface area contributed by atoms with Gasteiger partial charge in [-0.1, -0.05) is 30.1 Å². The summed E-state index contributed by atoms with van der Waals surface area (Å²) in [4.78, 5) is 20.3. The van der Waals surface area contributed by atoms with Gasteiger partial charge < -0.3 is 10.1 Å². The maximum absolute atomic E-state index is 12.1. The fraction of sp³-hybridized carbons (Fsp3) is 0.471. The Morgan fingerprint density at radius 3 is 2.75 bits per heavy atom. The number of carbonyl (C=O) groups excluding carboxylic acids is 1. The summed E-state index contributed by atoms with van der Waals surface area (Å²) in [5.41, 5.74) is 0.549. The molecular weight excluding hydrogens is 349 g/mol. The fourth-order valence-corrected chi connectivity index (χ4v) is 3.53. The average Bonchev–Trinajstić information content (AvgIpc) is 2.55. The van der Waals surface area contributed by atoms with Crippen LogP contribution >= 0.6 is 23.2 Å². The summed E-state index contributed by atoms with van der Waals surface area (Å²) in [6.45, 7) is 2.15. The van der Waals surface area contributed by atoms with Crippen molar-refractivity contribution in [3.05, 3.63) is 28.5 Å². The molecule has 5 nitrogen and oxygen atoms in total. The van der Waals surface area contributed by atoms with Gasteiger partial charge in [0.2, 0.25) is 5.88 Å². The molecule has 1 N–H and O–H groups in total. The van der Waals surface area contributed by atoms with Gasteiger partial charge in [-0.05, 0) is 43.7 Å². The summed E-state index contributed by atoms with van der Waals surface area (Å²) in [6.07, 6.45) is 5.71. The third-order valence-corrected chi connectivity index (χ3v) is 4.85. The minimum absolute atomic E-state index is 0.0949. The summed E-state index contributed by atoms with van der Waals surface area (Å²) >= 11 is 12.2. The Labute approximate surface area is 150 Å². The number of hydrogen-bond donors (Lipinski definition) is 1.